The number of rotatable bonds is 3. The van der Waals surface area contributed by atoms with Crippen LogP contribution in [0.3, 0.4) is 0 Å². The highest BCUT2D eigenvalue weighted by Gasteiger charge is 2.16. The lowest BCUT2D eigenvalue weighted by Crippen LogP contribution is -1.99. The van der Waals surface area contributed by atoms with Crippen LogP contribution >= 0.6 is 0 Å². The second kappa shape index (κ2) is 4.86. The molecule has 7 heteroatoms. The van der Waals surface area contributed by atoms with Crippen LogP contribution in [0, 0.1) is 5.82 Å². The zero-order chi connectivity index (χ0) is 15.0. The molecule has 0 aliphatic heterocycles. The number of methoxy groups -OCH3 is 1. The zero-order valence-electron chi connectivity index (χ0n) is 10.9. The number of carboxylic acid groups (broad SMARTS) is 1. The molecular formula is C14H10FN3O3. The SMILES string of the molecule is COc1cnccc1-c1nc2cc(C(=O)O)c(F)cc2[nH]1. The third-order valence-corrected chi connectivity index (χ3v) is 3.06. The molecule has 0 saturated carbocycles. The highest BCUT2D eigenvalue weighted by Crippen LogP contribution is 2.29. The largest absolute Gasteiger partial charge is 0.494 e. The molecule has 0 radical (unpaired) electrons. The summed E-state index contributed by atoms with van der Waals surface area (Å²) in [6, 6.07) is 4.01. The van der Waals surface area contributed by atoms with E-state index in [1.807, 2.05) is 0 Å². The van der Waals surface area contributed by atoms with Gasteiger partial charge in [0.25, 0.3) is 0 Å². The van der Waals surface area contributed by atoms with Crippen LogP contribution in [0.1, 0.15) is 10.4 Å². The molecule has 0 atom stereocenters. The van der Waals surface area contributed by atoms with Crippen molar-refractivity contribution in [3.63, 3.8) is 0 Å². The predicted molar refractivity (Wildman–Crippen MR) is 72.8 cm³/mol. The van der Waals surface area contributed by atoms with E-state index in [1.54, 1.807) is 12.3 Å². The van der Waals surface area contributed by atoms with Gasteiger partial charge in [-0.1, -0.05) is 0 Å². The third kappa shape index (κ3) is 2.18. The van der Waals surface area contributed by atoms with Crippen molar-refractivity contribution in [2.75, 3.05) is 7.11 Å². The number of halogens is 1. The van der Waals surface area contributed by atoms with Crippen molar-refractivity contribution >= 4 is 17.0 Å². The molecule has 0 aliphatic rings. The molecule has 2 N–H and O–H groups in total. The first-order valence-corrected chi connectivity index (χ1v) is 6.01. The van der Waals surface area contributed by atoms with E-state index < -0.39 is 17.3 Å². The van der Waals surface area contributed by atoms with Gasteiger partial charge in [-0.15, -0.1) is 0 Å². The number of nitrogens with one attached hydrogen (secondary N) is 1. The molecule has 6 nitrogen and oxygen atoms in total. The molecule has 0 amide bonds. The summed E-state index contributed by atoms with van der Waals surface area (Å²) in [7, 11) is 1.51. The minimum Gasteiger partial charge on any atom is -0.494 e. The number of ether oxygens (including phenoxy) is 1. The van der Waals surface area contributed by atoms with E-state index in [0.717, 1.165) is 6.07 Å². The summed E-state index contributed by atoms with van der Waals surface area (Å²) in [6.45, 7) is 0. The Morgan fingerprint density at radius 2 is 2.24 bits per heavy atom. The third-order valence-electron chi connectivity index (χ3n) is 3.06. The predicted octanol–water partition coefficient (Wildman–Crippen LogP) is 2.47. The number of carboxylic acids is 1. The fraction of sp³-hybridized carbons (Fsp3) is 0.0714. The molecule has 2 aromatic heterocycles. The van der Waals surface area contributed by atoms with E-state index in [9.17, 15) is 9.18 Å². The standard InChI is InChI=1S/C14H10FN3O3/c1-21-12-6-16-3-2-7(12)13-17-10-4-8(14(19)20)9(15)5-11(10)18-13/h2-6H,1H3,(H,17,18)(H,19,20). The minimum absolute atomic E-state index is 0.364. The number of fused-ring (bicyclic) bond motifs is 1. The number of carbonyl (C=O) groups is 1. The molecular weight excluding hydrogens is 277 g/mol. The Hall–Kier alpha value is -2.96. The van der Waals surface area contributed by atoms with Gasteiger partial charge in [-0.3, -0.25) is 4.98 Å². The monoisotopic (exact) mass is 287 g/mol. The Kier molecular flexibility index (Phi) is 3.02. The van der Waals surface area contributed by atoms with Gasteiger partial charge in [0.2, 0.25) is 0 Å². The highest BCUT2D eigenvalue weighted by molar-refractivity contribution is 5.93. The second-order valence-corrected chi connectivity index (χ2v) is 4.32. The average molecular weight is 287 g/mol. The van der Waals surface area contributed by atoms with Crippen molar-refractivity contribution in [1.82, 2.24) is 15.0 Å². The van der Waals surface area contributed by atoms with E-state index >= 15 is 0 Å². The van der Waals surface area contributed by atoms with E-state index in [-0.39, 0.29) is 0 Å². The zero-order valence-corrected chi connectivity index (χ0v) is 10.9. The molecule has 1 aromatic carbocycles. The maximum atomic E-state index is 13.7. The number of aromatic carboxylic acids is 1. The summed E-state index contributed by atoms with van der Waals surface area (Å²) < 4.78 is 18.9. The van der Waals surface area contributed by atoms with Crippen molar-refractivity contribution < 1.29 is 19.0 Å². The number of imidazole rings is 1. The molecule has 2 heterocycles. The number of hydrogen-bond acceptors (Lipinski definition) is 4. The molecule has 21 heavy (non-hydrogen) atoms. The maximum Gasteiger partial charge on any atom is 0.338 e. The van der Waals surface area contributed by atoms with Crippen LogP contribution in [0.15, 0.2) is 30.6 Å². The molecule has 106 valence electrons. The number of aromatic amines is 1. The van der Waals surface area contributed by atoms with Gasteiger partial charge in [0.15, 0.2) is 0 Å². The van der Waals surface area contributed by atoms with Gasteiger partial charge in [-0.2, -0.15) is 0 Å². The number of pyridine rings is 1. The first-order chi connectivity index (χ1) is 10.1. The topological polar surface area (TPSA) is 88.1 Å². The Balaban J connectivity index is 2.19. The van der Waals surface area contributed by atoms with E-state index in [4.69, 9.17) is 9.84 Å². The van der Waals surface area contributed by atoms with Gasteiger partial charge in [-0.25, -0.2) is 14.2 Å². The van der Waals surface area contributed by atoms with Crippen molar-refractivity contribution in [2.24, 2.45) is 0 Å². The lowest BCUT2D eigenvalue weighted by molar-refractivity contribution is 0.0692. The summed E-state index contributed by atoms with van der Waals surface area (Å²) in [5.41, 5.74) is 1.01. The van der Waals surface area contributed by atoms with Crippen LogP contribution in [0.4, 0.5) is 4.39 Å². The molecule has 0 spiro atoms. The quantitative estimate of drug-likeness (QED) is 0.772. The van der Waals surface area contributed by atoms with Crippen LogP contribution in [0.2, 0.25) is 0 Å². The molecule has 3 aromatic rings. The number of aromatic nitrogens is 3. The van der Waals surface area contributed by atoms with E-state index in [1.165, 1.54) is 19.4 Å². The van der Waals surface area contributed by atoms with Crippen LogP contribution in [0.25, 0.3) is 22.4 Å². The van der Waals surface area contributed by atoms with E-state index in [2.05, 4.69) is 15.0 Å². The number of hydrogen-bond donors (Lipinski definition) is 2. The molecule has 0 unspecified atom stereocenters. The molecule has 0 saturated heterocycles. The number of nitrogens with zero attached hydrogens (tertiary/aromatic N) is 2. The van der Waals surface area contributed by atoms with Gasteiger partial charge < -0.3 is 14.8 Å². The van der Waals surface area contributed by atoms with Crippen LogP contribution in [-0.2, 0) is 0 Å². The molecule has 0 bridgehead atoms. The van der Waals surface area contributed by atoms with Crippen LogP contribution in [-0.4, -0.2) is 33.1 Å². The average Bonchev–Trinajstić information content (AvgIpc) is 2.88. The van der Waals surface area contributed by atoms with Crippen LogP contribution < -0.4 is 4.74 Å². The van der Waals surface area contributed by atoms with Crippen molar-refractivity contribution in [3.8, 4) is 17.1 Å². The van der Waals surface area contributed by atoms with Crippen LogP contribution in [0.5, 0.6) is 5.75 Å². The minimum atomic E-state index is -1.33. The Labute approximate surface area is 118 Å². The van der Waals surface area contributed by atoms with Gasteiger partial charge in [0.05, 0.1) is 35.5 Å². The van der Waals surface area contributed by atoms with Gasteiger partial charge >= 0.3 is 5.97 Å². The number of H-pyrrole nitrogens is 1. The summed E-state index contributed by atoms with van der Waals surface area (Å²) in [6.07, 6.45) is 3.11. The Morgan fingerprint density at radius 1 is 1.43 bits per heavy atom. The second-order valence-electron chi connectivity index (χ2n) is 4.32. The Bertz CT molecular complexity index is 845. The number of benzene rings is 1. The highest BCUT2D eigenvalue weighted by atomic mass is 19.1. The summed E-state index contributed by atoms with van der Waals surface area (Å²) in [4.78, 5) is 22.1. The molecule has 0 fully saturated rings. The lowest BCUT2D eigenvalue weighted by Gasteiger charge is -2.03. The maximum absolute atomic E-state index is 13.7. The van der Waals surface area contributed by atoms with Gasteiger partial charge in [0.1, 0.15) is 17.4 Å². The summed E-state index contributed by atoms with van der Waals surface area (Å²) >= 11 is 0. The molecule has 0 aliphatic carbocycles. The smallest absolute Gasteiger partial charge is 0.338 e. The van der Waals surface area contributed by atoms with Gasteiger partial charge in [0, 0.05) is 12.3 Å². The van der Waals surface area contributed by atoms with Crippen molar-refractivity contribution in [1.29, 1.82) is 0 Å². The normalized spacial score (nSPS) is 10.8. The summed E-state index contributed by atoms with van der Waals surface area (Å²) in [5.74, 6) is -1.19. The molecule has 3 rings (SSSR count). The fourth-order valence-corrected chi connectivity index (χ4v) is 2.06. The summed E-state index contributed by atoms with van der Waals surface area (Å²) in [5, 5.41) is 8.92. The van der Waals surface area contributed by atoms with Gasteiger partial charge in [-0.05, 0) is 12.1 Å². The van der Waals surface area contributed by atoms with Crippen molar-refractivity contribution in [3.05, 3.63) is 42.0 Å². The Morgan fingerprint density at radius 3 is 2.95 bits per heavy atom. The fourth-order valence-electron chi connectivity index (χ4n) is 2.06. The van der Waals surface area contributed by atoms with E-state index in [0.29, 0.717) is 28.2 Å². The first kappa shape index (κ1) is 13.0. The first-order valence-electron chi connectivity index (χ1n) is 6.01. The lowest BCUT2D eigenvalue weighted by atomic mass is 10.2. The van der Waals surface area contributed by atoms with Crippen molar-refractivity contribution in [2.45, 2.75) is 0 Å².